The van der Waals surface area contributed by atoms with Crippen molar-refractivity contribution in [2.75, 3.05) is 6.61 Å². The molecule has 0 aromatic rings. The Kier molecular flexibility index (Phi) is 3.13. The van der Waals surface area contributed by atoms with E-state index >= 15 is 0 Å². The van der Waals surface area contributed by atoms with Gasteiger partial charge in [0.15, 0.2) is 12.1 Å². The van der Waals surface area contributed by atoms with Crippen molar-refractivity contribution in [3.05, 3.63) is 0 Å². The van der Waals surface area contributed by atoms with Crippen molar-refractivity contribution in [3.8, 4) is 0 Å². The molecule has 0 bridgehead atoms. The van der Waals surface area contributed by atoms with Crippen molar-refractivity contribution in [2.45, 2.75) is 37.6 Å². The standard InChI is InChI=1S/C10H16O7/c1-4-2-10(15,6(4)8(13)14)17-9-7(12)5(11)3-16-9/h4-7,9,11-12,15H,2-3H2,1H3,(H,13,14)/t4?,5?,6?,7?,9-,10?/m0/s1. The van der Waals surface area contributed by atoms with Crippen molar-refractivity contribution >= 4 is 5.97 Å². The molecule has 2 fully saturated rings. The normalized spacial score (nSPS) is 50.0. The lowest BCUT2D eigenvalue weighted by atomic mass is 9.69. The predicted molar refractivity (Wildman–Crippen MR) is 52.7 cm³/mol. The summed E-state index contributed by atoms with van der Waals surface area (Å²) < 4.78 is 10.0. The molecule has 1 heterocycles. The summed E-state index contributed by atoms with van der Waals surface area (Å²) in [6.45, 7) is 1.59. The number of rotatable bonds is 3. The van der Waals surface area contributed by atoms with Crippen molar-refractivity contribution < 1.29 is 34.7 Å². The monoisotopic (exact) mass is 248 g/mol. The van der Waals surface area contributed by atoms with Gasteiger partial charge in [-0.05, 0) is 5.92 Å². The molecule has 1 saturated heterocycles. The van der Waals surface area contributed by atoms with Crippen LogP contribution in [0, 0.1) is 11.8 Å². The second-order valence-corrected chi connectivity index (χ2v) is 4.72. The Morgan fingerprint density at radius 2 is 2.12 bits per heavy atom. The molecule has 0 aromatic carbocycles. The van der Waals surface area contributed by atoms with Crippen LogP contribution >= 0.6 is 0 Å². The molecule has 0 spiro atoms. The molecule has 1 saturated carbocycles. The van der Waals surface area contributed by atoms with E-state index in [4.69, 9.17) is 14.6 Å². The van der Waals surface area contributed by atoms with Crippen LogP contribution in [0.25, 0.3) is 0 Å². The third kappa shape index (κ3) is 2.04. The van der Waals surface area contributed by atoms with E-state index in [0.29, 0.717) is 0 Å². The van der Waals surface area contributed by atoms with E-state index in [9.17, 15) is 20.1 Å². The second kappa shape index (κ2) is 4.18. The number of ether oxygens (including phenoxy) is 2. The van der Waals surface area contributed by atoms with Crippen LogP contribution < -0.4 is 0 Å². The van der Waals surface area contributed by atoms with Crippen LogP contribution in [0.2, 0.25) is 0 Å². The van der Waals surface area contributed by atoms with Crippen LogP contribution in [0.4, 0.5) is 0 Å². The molecule has 1 aliphatic carbocycles. The summed E-state index contributed by atoms with van der Waals surface area (Å²) in [4.78, 5) is 10.9. The maximum absolute atomic E-state index is 10.9. The van der Waals surface area contributed by atoms with Gasteiger partial charge in [-0.15, -0.1) is 0 Å². The van der Waals surface area contributed by atoms with E-state index in [1.54, 1.807) is 6.92 Å². The largest absolute Gasteiger partial charge is 0.481 e. The minimum atomic E-state index is -1.83. The Hall–Kier alpha value is -0.730. The average Bonchev–Trinajstić information content (AvgIpc) is 2.47. The third-order valence-electron chi connectivity index (χ3n) is 3.36. The summed E-state index contributed by atoms with van der Waals surface area (Å²) in [5, 5.41) is 37.6. The SMILES string of the molecule is CC1CC(O)(O[C@@H]2OCC(O)C2O)C1C(=O)O. The summed E-state index contributed by atoms with van der Waals surface area (Å²) >= 11 is 0. The average molecular weight is 248 g/mol. The summed E-state index contributed by atoms with van der Waals surface area (Å²) in [6, 6.07) is 0. The Bertz CT molecular complexity index is 320. The van der Waals surface area contributed by atoms with Gasteiger partial charge < -0.3 is 29.9 Å². The van der Waals surface area contributed by atoms with Crippen LogP contribution in [0.15, 0.2) is 0 Å². The van der Waals surface area contributed by atoms with Gasteiger partial charge in [-0.25, -0.2) is 0 Å². The molecule has 0 amide bonds. The molecule has 6 atom stereocenters. The van der Waals surface area contributed by atoms with Crippen molar-refractivity contribution in [1.82, 2.24) is 0 Å². The molecule has 2 aliphatic rings. The Morgan fingerprint density at radius 1 is 1.47 bits per heavy atom. The number of carboxylic acid groups (broad SMARTS) is 1. The number of hydrogen-bond donors (Lipinski definition) is 4. The minimum absolute atomic E-state index is 0.102. The molecular formula is C10H16O7. The highest BCUT2D eigenvalue weighted by Crippen LogP contribution is 2.46. The molecule has 7 heteroatoms. The van der Waals surface area contributed by atoms with Gasteiger partial charge in [-0.3, -0.25) is 4.79 Å². The van der Waals surface area contributed by atoms with Crippen LogP contribution in [-0.4, -0.2) is 57.3 Å². The molecule has 4 N–H and O–H groups in total. The molecule has 5 unspecified atom stereocenters. The first-order valence-corrected chi connectivity index (χ1v) is 5.46. The third-order valence-corrected chi connectivity index (χ3v) is 3.36. The number of aliphatic carboxylic acids is 1. The smallest absolute Gasteiger partial charge is 0.312 e. The van der Waals surface area contributed by atoms with Crippen LogP contribution in [0.3, 0.4) is 0 Å². The maximum Gasteiger partial charge on any atom is 0.312 e. The number of hydrogen-bond acceptors (Lipinski definition) is 6. The zero-order valence-electron chi connectivity index (χ0n) is 9.31. The quantitative estimate of drug-likeness (QED) is 0.449. The number of aliphatic hydroxyl groups is 3. The molecule has 0 aromatic heterocycles. The summed E-state index contributed by atoms with van der Waals surface area (Å²) in [7, 11) is 0. The van der Waals surface area contributed by atoms with Gasteiger partial charge in [0.2, 0.25) is 0 Å². The van der Waals surface area contributed by atoms with Crippen LogP contribution in [-0.2, 0) is 14.3 Å². The number of carbonyl (C=O) groups is 1. The zero-order valence-corrected chi connectivity index (χ0v) is 9.31. The lowest BCUT2D eigenvalue weighted by Gasteiger charge is -2.48. The maximum atomic E-state index is 10.9. The molecule has 1 aliphatic heterocycles. The molecule has 2 rings (SSSR count). The highest BCUT2D eigenvalue weighted by Gasteiger charge is 2.58. The summed E-state index contributed by atoms with van der Waals surface area (Å²) in [6.07, 6.45) is -3.38. The summed E-state index contributed by atoms with van der Waals surface area (Å²) in [5.74, 6) is -4.24. The van der Waals surface area contributed by atoms with E-state index < -0.39 is 36.2 Å². The fourth-order valence-corrected chi connectivity index (χ4v) is 2.42. The first kappa shape index (κ1) is 12.7. The Labute approximate surface area is 97.6 Å². The molecule has 98 valence electrons. The molecule has 17 heavy (non-hydrogen) atoms. The van der Waals surface area contributed by atoms with Crippen LogP contribution in [0.1, 0.15) is 13.3 Å². The fourth-order valence-electron chi connectivity index (χ4n) is 2.42. The molecular weight excluding hydrogens is 232 g/mol. The van der Waals surface area contributed by atoms with Crippen molar-refractivity contribution in [2.24, 2.45) is 11.8 Å². The van der Waals surface area contributed by atoms with Gasteiger partial charge in [-0.1, -0.05) is 6.92 Å². The molecule has 0 radical (unpaired) electrons. The lowest BCUT2D eigenvalue weighted by Crippen LogP contribution is -2.60. The number of carboxylic acids is 1. The van der Waals surface area contributed by atoms with Gasteiger partial charge in [0.05, 0.1) is 6.61 Å². The van der Waals surface area contributed by atoms with Gasteiger partial charge in [0.1, 0.15) is 18.1 Å². The minimum Gasteiger partial charge on any atom is -0.481 e. The first-order chi connectivity index (χ1) is 7.85. The lowest BCUT2D eigenvalue weighted by molar-refractivity contribution is -0.357. The molecule has 7 nitrogen and oxygen atoms in total. The van der Waals surface area contributed by atoms with Crippen molar-refractivity contribution in [1.29, 1.82) is 0 Å². The zero-order chi connectivity index (χ0) is 12.8. The Morgan fingerprint density at radius 3 is 2.53 bits per heavy atom. The topological polar surface area (TPSA) is 116 Å². The second-order valence-electron chi connectivity index (χ2n) is 4.72. The first-order valence-electron chi connectivity index (χ1n) is 5.46. The Balaban J connectivity index is 2.01. The van der Waals surface area contributed by atoms with E-state index in [0.717, 1.165) is 0 Å². The number of aliphatic hydroxyl groups excluding tert-OH is 2. The van der Waals surface area contributed by atoms with E-state index in [-0.39, 0.29) is 18.9 Å². The highest BCUT2D eigenvalue weighted by atomic mass is 16.8. The van der Waals surface area contributed by atoms with Crippen LogP contribution in [0.5, 0.6) is 0 Å². The fraction of sp³-hybridized carbons (Fsp3) is 0.900. The predicted octanol–water partition coefficient (Wildman–Crippen LogP) is -1.49. The van der Waals surface area contributed by atoms with E-state index in [1.165, 1.54) is 0 Å². The van der Waals surface area contributed by atoms with Gasteiger partial charge in [0, 0.05) is 6.42 Å². The highest BCUT2D eigenvalue weighted by molar-refractivity contribution is 5.73. The van der Waals surface area contributed by atoms with Crippen molar-refractivity contribution in [3.63, 3.8) is 0 Å². The van der Waals surface area contributed by atoms with Gasteiger partial charge in [-0.2, -0.15) is 0 Å². The van der Waals surface area contributed by atoms with Gasteiger partial charge in [0.25, 0.3) is 0 Å². The summed E-state index contributed by atoms with van der Waals surface area (Å²) in [5.41, 5.74) is 0. The van der Waals surface area contributed by atoms with E-state index in [1.807, 2.05) is 0 Å². The van der Waals surface area contributed by atoms with Gasteiger partial charge >= 0.3 is 5.97 Å². The van der Waals surface area contributed by atoms with E-state index in [2.05, 4.69) is 0 Å².